The van der Waals surface area contributed by atoms with E-state index < -0.39 is 5.97 Å². The monoisotopic (exact) mass is 304 g/mol. The highest BCUT2D eigenvalue weighted by molar-refractivity contribution is 6.18. The van der Waals surface area contributed by atoms with Gasteiger partial charge in [0.2, 0.25) is 0 Å². The lowest BCUT2D eigenvalue weighted by molar-refractivity contribution is 0.0598. The van der Waals surface area contributed by atoms with E-state index in [0.29, 0.717) is 17.9 Å². The van der Waals surface area contributed by atoms with Crippen LogP contribution >= 0.6 is 11.6 Å². The van der Waals surface area contributed by atoms with Crippen LogP contribution in [-0.4, -0.2) is 24.1 Å². The first-order valence-electron chi connectivity index (χ1n) is 6.65. The van der Waals surface area contributed by atoms with Gasteiger partial charge in [0.1, 0.15) is 11.3 Å². The molecule has 110 valence electrons. The Hall–Kier alpha value is -2.00. The first kappa shape index (κ1) is 15.4. The van der Waals surface area contributed by atoms with E-state index in [1.54, 1.807) is 6.07 Å². The van der Waals surface area contributed by atoms with Crippen LogP contribution in [0.1, 0.15) is 21.5 Å². The number of benzene rings is 2. The number of ether oxygens (including phenoxy) is 1. The number of phenols is 1. The van der Waals surface area contributed by atoms with Crippen molar-refractivity contribution in [1.29, 1.82) is 0 Å². The number of aryl methyl sites for hydroxylation is 1. The molecule has 0 heterocycles. The Balaban J connectivity index is 2.81. The van der Waals surface area contributed by atoms with E-state index in [2.05, 4.69) is 0 Å². The number of phenolic OH excluding ortho intramolecular Hbond substituents is 1. The summed E-state index contributed by atoms with van der Waals surface area (Å²) in [4.78, 5) is 12.1. The summed E-state index contributed by atoms with van der Waals surface area (Å²) in [6.07, 6.45) is 0.613. The summed E-state index contributed by atoms with van der Waals surface area (Å²) in [6.45, 7) is 1.90. The molecule has 0 unspecified atom stereocenters. The Morgan fingerprint density at radius 1 is 1.29 bits per heavy atom. The molecule has 0 fully saturated rings. The number of carbonyl (C=O) groups excluding carboxylic acids is 1. The van der Waals surface area contributed by atoms with Crippen molar-refractivity contribution in [2.24, 2.45) is 0 Å². The van der Waals surface area contributed by atoms with Crippen molar-refractivity contribution in [3.8, 4) is 16.9 Å². The SMILES string of the molecule is COC(=O)c1c(O)cc(C)c(CCCl)c1-c1ccccc1. The van der Waals surface area contributed by atoms with E-state index in [0.717, 1.165) is 16.7 Å². The number of halogens is 1. The van der Waals surface area contributed by atoms with Gasteiger partial charge >= 0.3 is 5.97 Å². The van der Waals surface area contributed by atoms with Crippen molar-refractivity contribution in [2.45, 2.75) is 13.3 Å². The number of aromatic hydroxyl groups is 1. The van der Waals surface area contributed by atoms with Gasteiger partial charge in [-0.05, 0) is 36.1 Å². The van der Waals surface area contributed by atoms with Crippen molar-refractivity contribution in [3.05, 3.63) is 53.1 Å². The van der Waals surface area contributed by atoms with E-state index in [1.165, 1.54) is 7.11 Å². The molecule has 0 amide bonds. The minimum absolute atomic E-state index is 0.0727. The van der Waals surface area contributed by atoms with Gasteiger partial charge in [-0.3, -0.25) is 0 Å². The normalized spacial score (nSPS) is 10.4. The molecule has 2 rings (SSSR count). The third-order valence-corrected chi connectivity index (χ3v) is 3.62. The fourth-order valence-electron chi connectivity index (χ4n) is 2.49. The Labute approximate surface area is 129 Å². The summed E-state index contributed by atoms with van der Waals surface area (Å²) in [5.74, 6) is -0.190. The highest BCUT2D eigenvalue weighted by atomic mass is 35.5. The Morgan fingerprint density at radius 2 is 1.95 bits per heavy atom. The maximum atomic E-state index is 12.1. The van der Waals surface area contributed by atoms with Gasteiger partial charge in [-0.2, -0.15) is 0 Å². The van der Waals surface area contributed by atoms with E-state index in [9.17, 15) is 9.90 Å². The minimum Gasteiger partial charge on any atom is -0.507 e. The molecule has 1 N–H and O–H groups in total. The van der Waals surface area contributed by atoms with Crippen LogP contribution in [0.25, 0.3) is 11.1 Å². The average Bonchev–Trinajstić information content (AvgIpc) is 2.49. The highest BCUT2D eigenvalue weighted by Gasteiger charge is 2.23. The zero-order valence-electron chi connectivity index (χ0n) is 12.0. The number of carbonyl (C=O) groups is 1. The van der Waals surface area contributed by atoms with E-state index >= 15 is 0 Å². The molecule has 2 aromatic rings. The summed E-state index contributed by atoms with van der Waals surface area (Å²) in [5, 5.41) is 10.2. The minimum atomic E-state index is -0.554. The smallest absolute Gasteiger partial charge is 0.342 e. The number of alkyl halides is 1. The van der Waals surface area contributed by atoms with Gasteiger partial charge in [0, 0.05) is 11.4 Å². The maximum Gasteiger partial charge on any atom is 0.342 e. The quantitative estimate of drug-likeness (QED) is 0.687. The Morgan fingerprint density at radius 3 is 2.52 bits per heavy atom. The van der Waals surface area contributed by atoms with Crippen molar-refractivity contribution in [1.82, 2.24) is 0 Å². The van der Waals surface area contributed by atoms with Gasteiger partial charge in [-0.1, -0.05) is 30.3 Å². The van der Waals surface area contributed by atoms with Crippen LogP contribution in [0.15, 0.2) is 36.4 Å². The number of rotatable bonds is 4. The highest BCUT2D eigenvalue weighted by Crippen LogP contribution is 2.36. The van der Waals surface area contributed by atoms with Crippen molar-refractivity contribution in [3.63, 3.8) is 0 Å². The zero-order chi connectivity index (χ0) is 15.4. The van der Waals surface area contributed by atoms with Crippen LogP contribution in [0.5, 0.6) is 5.75 Å². The zero-order valence-corrected chi connectivity index (χ0v) is 12.8. The molecule has 0 aliphatic rings. The first-order valence-corrected chi connectivity index (χ1v) is 7.18. The van der Waals surface area contributed by atoms with Crippen LogP contribution in [0.3, 0.4) is 0 Å². The molecule has 2 aromatic carbocycles. The fraction of sp³-hybridized carbons (Fsp3) is 0.235. The molecule has 0 atom stereocenters. The van der Waals surface area contributed by atoms with Crippen LogP contribution < -0.4 is 0 Å². The molecule has 0 aliphatic carbocycles. The van der Waals surface area contributed by atoms with E-state index in [1.807, 2.05) is 37.3 Å². The lowest BCUT2D eigenvalue weighted by atomic mass is 9.89. The predicted molar refractivity (Wildman–Crippen MR) is 84.0 cm³/mol. The second-order valence-corrected chi connectivity index (χ2v) is 5.12. The number of hydrogen-bond donors (Lipinski definition) is 1. The topological polar surface area (TPSA) is 46.5 Å². The second kappa shape index (κ2) is 6.64. The number of hydrogen-bond acceptors (Lipinski definition) is 3. The fourth-order valence-corrected chi connectivity index (χ4v) is 2.68. The molecule has 0 saturated heterocycles. The van der Waals surface area contributed by atoms with Gasteiger partial charge in [-0.15, -0.1) is 11.6 Å². The van der Waals surface area contributed by atoms with Crippen LogP contribution in [0.2, 0.25) is 0 Å². The van der Waals surface area contributed by atoms with Crippen molar-refractivity contribution < 1.29 is 14.6 Å². The summed E-state index contributed by atoms with van der Waals surface area (Å²) in [6, 6.07) is 11.1. The van der Waals surface area contributed by atoms with Gasteiger partial charge in [0.25, 0.3) is 0 Å². The van der Waals surface area contributed by atoms with E-state index in [-0.39, 0.29) is 11.3 Å². The first-order chi connectivity index (χ1) is 10.1. The Bertz CT molecular complexity index is 651. The molecule has 0 spiro atoms. The molecule has 0 aliphatic heterocycles. The number of methoxy groups -OCH3 is 1. The molecule has 0 bridgehead atoms. The number of esters is 1. The lowest BCUT2D eigenvalue weighted by Crippen LogP contribution is -2.08. The molecule has 21 heavy (non-hydrogen) atoms. The molecular formula is C17H17ClO3. The average molecular weight is 305 g/mol. The van der Waals surface area contributed by atoms with Gasteiger partial charge in [0.05, 0.1) is 7.11 Å². The second-order valence-electron chi connectivity index (χ2n) is 4.74. The van der Waals surface area contributed by atoms with Crippen molar-refractivity contribution in [2.75, 3.05) is 13.0 Å². The maximum absolute atomic E-state index is 12.1. The molecule has 3 nitrogen and oxygen atoms in total. The summed E-state index contributed by atoms with van der Waals surface area (Å²) in [5.41, 5.74) is 3.60. The lowest BCUT2D eigenvalue weighted by Gasteiger charge is -2.17. The Kier molecular flexibility index (Phi) is 4.86. The molecule has 4 heteroatoms. The molecule has 0 radical (unpaired) electrons. The molecule has 0 saturated carbocycles. The summed E-state index contributed by atoms with van der Waals surface area (Å²) >= 11 is 5.89. The summed E-state index contributed by atoms with van der Waals surface area (Å²) < 4.78 is 4.82. The van der Waals surface area contributed by atoms with Gasteiger partial charge in [0.15, 0.2) is 0 Å². The standard InChI is InChI=1S/C17H17ClO3/c1-11-10-14(19)16(17(20)21-2)15(13(11)8-9-18)12-6-4-3-5-7-12/h3-7,10,19H,8-9H2,1-2H3. The van der Waals surface area contributed by atoms with Crippen molar-refractivity contribution >= 4 is 17.6 Å². The van der Waals surface area contributed by atoms with Gasteiger partial charge in [-0.25, -0.2) is 4.79 Å². The third-order valence-electron chi connectivity index (χ3n) is 3.43. The predicted octanol–water partition coefficient (Wildman–Crippen LogP) is 3.94. The largest absolute Gasteiger partial charge is 0.507 e. The van der Waals surface area contributed by atoms with Gasteiger partial charge < -0.3 is 9.84 Å². The van der Waals surface area contributed by atoms with E-state index in [4.69, 9.17) is 16.3 Å². The van der Waals surface area contributed by atoms with Crippen LogP contribution in [-0.2, 0) is 11.2 Å². The van der Waals surface area contributed by atoms with Crippen LogP contribution in [0, 0.1) is 6.92 Å². The summed E-state index contributed by atoms with van der Waals surface area (Å²) in [7, 11) is 1.30. The third kappa shape index (κ3) is 3.03. The van der Waals surface area contributed by atoms with Crippen LogP contribution in [0.4, 0.5) is 0 Å². The molecule has 0 aromatic heterocycles. The molecular weight excluding hydrogens is 288 g/mol.